The smallest absolute Gasteiger partial charge is 0.226 e. The highest BCUT2D eigenvalue weighted by atomic mass is 16.5. The first kappa shape index (κ1) is 25.3. The number of hydrogen-bond acceptors (Lipinski definition) is 7. The minimum Gasteiger partial charge on any atom is -0.480 e. The second kappa shape index (κ2) is 11.8. The van der Waals surface area contributed by atoms with E-state index in [0.717, 1.165) is 30.2 Å². The van der Waals surface area contributed by atoms with Gasteiger partial charge in [-0.3, -0.25) is 14.4 Å². The molecule has 1 aliphatic rings. The lowest BCUT2D eigenvalue weighted by Gasteiger charge is -2.18. The van der Waals surface area contributed by atoms with Crippen molar-refractivity contribution in [3.63, 3.8) is 0 Å². The van der Waals surface area contributed by atoms with Crippen molar-refractivity contribution in [3.05, 3.63) is 42.4 Å². The molecule has 0 bridgehead atoms. The lowest BCUT2D eigenvalue weighted by Crippen LogP contribution is -2.35. The van der Waals surface area contributed by atoms with Gasteiger partial charge < -0.3 is 19.8 Å². The molecule has 2 atom stereocenters. The number of methoxy groups -OCH3 is 1. The van der Waals surface area contributed by atoms with Crippen LogP contribution in [0, 0.1) is 5.92 Å². The fourth-order valence-electron chi connectivity index (χ4n) is 4.37. The maximum Gasteiger partial charge on any atom is 0.226 e. The van der Waals surface area contributed by atoms with Crippen molar-refractivity contribution in [2.75, 3.05) is 13.7 Å². The number of amides is 2. The molecule has 0 saturated carbocycles. The van der Waals surface area contributed by atoms with Gasteiger partial charge in [0.25, 0.3) is 0 Å². The second-order valence-electron chi connectivity index (χ2n) is 9.06. The van der Waals surface area contributed by atoms with Crippen molar-refractivity contribution >= 4 is 28.5 Å². The number of rotatable bonds is 12. The zero-order chi connectivity index (χ0) is 25.5. The summed E-state index contributed by atoms with van der Waals surface area (Å²) in [5.41, 5.74) is 1.48. The van der Waals surface area contributed by atoms with Crippen LogP contribution in [0.5, 0.6) is 5.88 Å². The van der Waals surface area contributed by atoms with Crippen LogP contribution in [-0.2, 0) is 14.4 Å². The fraction of sp³-hybridized carbons (Fsp3) is 0.444. The zero-order valence-electron chi connectivity index (χ0n) is 20.7. The van der Waals surface area contributed by atoms with Crippen LogP contribution in [0.15, 0.2) is 40.9 Å². The Labute approximate surface area is 210 Å². The Balaban J connectivity index is 1.52. The molecule has 0 radical (unpaired) electrons. The van der Waals surface area contributed by atoms with Gasteiger partial charge in [-0.1, -0.05) is 38.0 Å². The third-order valence-corrected chi connectivity index (χ3v) is 6.48. The van der Waals surface area contributed by atoms with Crippen LogP contribution in [0.2, 0.25) is 0 Å². The van der Waals surface area contributed by atoms with Gasteiger partial charge in [0.05, 0.1) is 30.3 Å². The zero-order valence-corrected chi connectivity index (χ0v) is 20.7. The summed E-state index contributed by atoms with van der Waals surface area (Å²) in [5, 5.41) is 6.67. The Morgan fingerprint density at radius 1 is 1.25 bits per heavy atom. The van der Waals surface area contributed by atoms with E-state index in [1.165, 1.54) is 0 Å². The molecule has 4 rings (SSSR count). The summed E-state index contributed by atoms with van der Waals surface area (Å²) in [5.74, 6) is 0.815. The summed E-state index contributed by atoms with van der Waals surface area (Å²) in [6, 6.07) is 9.22. The summed E-state index contributed by atoms with van der Waals surface area (Å²) in [7, 11) is 1.56. The summed E-state index contributed by atoms with van der Waals surface area (Å²) >= 11 is 0. The number of hydrogen-bond donors (Lipinski definition) is 2. The minimum atomic E-state index is -0.455. The molecule has 0 spiro atoms. The predicted octanol–water partition coefficient (Wildman–Crippen LogP) is 4.12. The van der Waals surface area contributed by atoms with Gasteiger partial charge in [0.1, 0.15) is 11.8 Å². The van der Waals surface area contributed by atoms with E-state index in [1.54, 1.807) is 13.3 Å². The van der Waals surface area contributed by atoms with E-state index in [9.17, 15) is 14.4 Å². The molecule has 0 aliphatic carbocycles. The number of carbonyl (C=O) groups excluding carboxylic acids is 3. The Morgan fingerprint density at radius 3 is 2.83 bits per heavy atom. The molecule has 36 heavy (non-hydrogen) atoms. The first-order chi connectivity index (χ1) is 17.5. The molecule has 1 aromatic carbocycles. The fourth-order valence-corrected chi connectivity index (χ4v) is 4.37. The molecule has 3 heterocycles. The summed E-state index contributed by atoms with van der Waals surface area (Å²) in [6.45, 7) is 2.20. The molecule has 1 fully saturated rings. The van der Waals surface area contributed by atoms with E-state index in [1.807, 2.05) is 37.3 Å². The number of Topliss-reactive ketones (excluding diaryl/α,β-unsaturated/α-hetero) is 1. The van der Waals surface area contributed by atoms with Crippen molar-refractivity contribution in [1.29, 1.82) is 0 Å². The monoisotopic (exact) mass is 492 g/mol. The standard InChI is InChI=1S/C27H32N4O5/c1-3-19(32)10-5-4-6-12-22(30-25(34)18-14-24(33)28-15-18)27-29-16-23(36-27)20-13-17-9-7-8-11-21(17)31-26(20)35-2/h7-9,11,13,16,18,22H,3-6,10,12,14-15H2,1-2H3,(H,28,33)(H,30,34)/t18?,22-/m0/s1. The van der Waals surface area contributed by atoms with E-state index in [0.29, 0.717) is 48.9 Å². The normalized spacial score (nSPS) is 16.1. The maximum absolute atomic E-state index is 12.9. The summed E-state index contributed by atoms with van der Waals surface area (Å²) < 4.78 is 11.6. The molecule has 9 nitrogen and oxygen atoms in total. The van der Waals surface area contributed by atoms with Gasteiger partial charge in [-0.05, 0) is 25.0 Å². The lowest BCUT2D eigenvalue weighted by atomic mass is 10.0. The third-order valence-electron chi connectivity index (χ3n) is 6.48. The molecule has 1 saturated heterocycles. The van der Waals surface area contributed by atoms with Gasteiger partial charge in [0.15, 0.2) is 5.76 Å². The van der Waals surface area contributed by atoms with E-state index in [-0.39, 0.29) is 24.0 Å². The molecule has 3 aromatic rings. The number of benzene rings is 1. The molecule has 2 amide bonds. The highest BCUT2D eigenvalue weighted by molar-refractivity contribution is 5.89. The molecule has 190 valence electrons. The first-order valence-electron chi connectivity index (χ1n) is 12.5. The number of ketones is 1. The second-order valence-corrected chi connectivity index (χ2v) is 9.06. The number of pyridine rings is 1. The average molecular weight is 493 g/mol. The summed E-state index contributed by atoms with van der Waals surface area (Å²) in [6.07, 6.45) is 5.98. The highest BCUT2D eigenvalue weighted by Gasteiger charge is 2.31. The van der Waals surface area contributed by atoms with Crippen molar-refractivity contribution in [2.45, 2.75) is 57.9 Å². The van der Waals surface area contributed by atoms with Gasteiger partial charge in [-0.2, -0.15) is 0 Å². The topological polar surface area (TPSA) is 123 Å². The molecule has 2 N–H and O–H groups in total. The van der Waals surface area contributed by atoms with E-state index < -0.39 is 12.0 Å². The van der Waals surface area contributed by atoms with Crippen molar-refractivity contribution in [3.8, 4) is 17.2 Å². The number of nitrogens with one attached hydrogen (secondary N) is 2. The number of unbranched alkanes of at least 4 members (excludes halogenated alkanes) is 2. The average Bonchev–Trinajstić information content (AvgIpc) is 3.56. The number of oxazole rings is 1. The SMILES string of the molecule is CCC(=O)CCCCC[C@H](NC(=O)C1CNC(=O)C1)c1ncc(-c2cc3ccccc3nc2OC)o1. The quantitative estimate of drug-likeness (QED) is 0.365. The molecular weight excluding hydrogens is 460 g/mol. The van der Waals surface area contributed by atoms with Gasteiger partial charge >= 0.3 is 0 Å². The van der Waals surface area contributed by atoms with Crippen LogP contribution in [0.1, 0.15) is 63.8 Å². The number of nitrogens with zero attached hydrogens (tertiary/aromatic N) is 2. The molecule has 1 aliphatic heterocycles. The van der Waals surface area contributed by atoms with Crippen LogP contribution in [-0.4, -0.2) is 41.2 Å². The van der Waals surface area contributed by atoms with Crippen LogP contribution in [0.3, 0.4) is 0 Å². The molecule has 9 heteroatoms. The first-order valence-corrected chi connectivity index (χ1v) is 12.5. The van der Waals surface area contributed by atoms with E-state index in [2.05, 4.69) is 20.6 Å². The van der Waals surface area contributed by atoms with Crippen LogP contribution < -0.4 is 15.4 Å². The molecule has 2 aromatic heterocycles. The lowest BCUT2D eigenvalue weighted by molar-refractivity contribution is -0.127. The van der Waals surface area contributed by atoms with E-state index >= 15 is 0 Å². The van der Waals surface area contributed by atoms with Gasteiger partial charge in [0.2, 0.25) is 23.6 Å². The number of aromatic nitrogens is 2. The number of fused-ring (bicyclic) bond motifs is 1. The Hall–Kier alpha value is -3.75. The van der Waals surface area contributed by atoms with Crippen molar-refractivity contribution in [1.82, 2.24) is 20.6 Å². The molecule has 1 unspecified atom stereocenters. The Kier molecular flexibility index (Phi) is 8.30. The molecular formula is C27H32N4O5. The van der Waals surface area contributed by atoms with Crippen LogP contribution >= 0.6 is 0 Å². The van der Waals surface area contributed by atoms with Crippen molar-refractivity contribution in [2.24, 2.45) is 5.92 Å². The van der Waals surface area contributed by atoms with Gasteiger partial charge in [-0.15, -0.1) is 0 Å². The van der Waals surface area contributed by atoms with Crippen molar-refractivity contribution < 1.29 is 23.5 Å². The number of para-hydroxylation sites is 1. The Bertz CT molecular complexity index is 1240. The largest absolute Gasteiger partial charge is 0.480 e. The maximum atomic E-state index is 12.9. The summed E-state index contributed by atoms with van der Waals surface area (Å²) in [4.78, 5) is 45.1. The van der Waals surface area contributed by atoms with E-state index in [4.69, 9.17) is 9.15 Å². The predicted molar refractivity (Wildman–Crippen MR) is 134 cm³/mol. The highest BCUT2D eigenvalue weighted by Crippen LogP contribution is 2.33. The van der Waals surface area contributed by atoms with Gasteiger partial charge in [-0.25, -0.2) is 9.97 Å². The number of ether oxygens (including phenoxy) is 1. The van der Waals surface area contributed by atoms with Gasteiger partial charge in [0, 0.05) is 31.2 Å². The van der Waals surface area contributed by atoms with Crippen LogP contribution in [0.25, 0.3) is 22.2 Å². The third kappa shape index (κ3) is 6.08. The van der Waals surface area contributed by atoms with Crippen LogP contribution in [0.4, 0.5) is 0 Å². The Morgan fingerprint density at radius 2 is 2.08 bits per heavy atom. The number of carbonyl (C=O) groups is 3. The minimum absolute atomic E-state index is 0.124.